The molecule has 1 fully saturated rings. The summed E-state index contributed by atoms with van der Waals surface area (Å²) in [6.45, 7) is 5.38. The van der Waals surface area contributed by atoms with Crippen LogP contribution in [0.15, 0.2) is 34.7 Å². The van der Waals surface area contributed by atoms with E-state index >= 15 is 0 Å². The first-order chi connectivity index (χ1) is 9.80. The number of piperazine rings is 1. The summed E-state index contributed by atoms with van der Waals surface area (Å²) in [7, 11) is -4.03. The second-order valence-corrected chi connectivity index (χ2v) is 7.21. The highest BCUT2D eigenvalue weighted by atomic mass is 35.5. The smallest absolute Gasteiger partial charge is 0.246 e. The average Bonchev–Trinajstić information content (AvgIpc) is 2.41. The van der Waals surface area contributed by atoms with E-state index in [2.05, 4.69) is 6.58 Å². The molecule has 0 N–H and O–H groups in total. The summed E-state index contributed by atoms with van der Waals surface area (Å²) in [5.74, 6) is -1.74. The van der Waals surface area contributed by atoms with Crippen LogP contribution in [-0.4, -0.2) is 50.3 Å². The van der Waals surface area contributed by atoms with Crippen molar-refractivity contribution < 1.29 is 17.2 Å². The molecule has 116 valence electrons. The first kappa shape index (κ1) is 16.4. The van der Waals surface area contributed by atoms with Gasteiger partial charge >= 0.3 is 0 Å². The molecule has 0 radical (unpaired) electrons. The first-order valence-electron chi connectivity index (χ1n) is 6.31. The topological polar surface area (TPSA) is 40.6 Å². The quantitative estimate of drug-likeness (QED) is 0.844. The van der Waals surface area contributed by atoms with Gasteiger partial charge in [-0.2, -0.15) is 4.31 Å². The fourth-order valence-corrected chi connectivity index (χ4v) is 3.85. The van der Waals surface area contributed by atoms with E-state index in [0.717, 1.165) is 16.4 Å². The van der Waals surface area contributed by atoms with Crippen molar-refractivity contribution in [2.75, 3.05) is 32.7 Å². The SMILES string of the molecule is C=C(Cl)CN1CCN(S(=O)(=O)c2cc(F)ccc2F)CC1. The van der Waals surface area contributed by atoms with Crippen LogP contribution in [0, 0.1) is 11.6 Å². The molecule has 1 aliphatic heterocycles. The zero-order valence-corrected chi connectivity index (χ0v) is 12.8. The molecular weight excluding hydrogens is 322 g/mol. The van der Waals surface area contributed by atoms with Gasteiger partial charge in [0.2, 0.25) is 10.0 Å². The minimum atomic E-state index is -4.03. The predicted molar refractivity (Wildman–Crippen MR) is 76.5 cm³/mol. The van der Waals surface area contributed by atoms with Crippen LogP contribution in [0.3, 0.4) is 0 Å². The van der Waals surface area contributed by atoms with Crippen molar-refractivity contribution in [1.29, 1.82) is 0 Å². The maximum atomic E-state index is 13.7. The van der Waals surface area contributed by atoms with Gasteiger partial charge in [0.25, 0.3) is 0 Å². The Bertz CT molecular complexity index is 644. The Morgan fingerprint density at radius 2 is 1.86 bits per heavy atom. The second kappa shape index (κ2) is 6.39. The first-order valence-corrected chi connectivity index (χ1v) is 8.13. The van der Waals surface area contributed by atoms with Crippen molar-refractivity contribution in [2.45, 2.75) is 4.90 Å². The minimum absolute atomic E-state index is 0.197. The van der Waals surface area contributed by atoms with E-state index in [1.54, 1.807) is 0 Å². The van der Waals surface area contributed by atoms with E-state index in [-0.39, 0.29) is 13.1 Å². The number of nitrogens with zero attached hydrogens (tertiary/aromatic N) is 2. The van der Waals surface area contributed by atoms with Crippen LogP contribution >= 0.6 is 11.6 Å². The number of hydrogen-bond acceptors (Lipinski definition) is 3. The van der Waals surface area contributed by atoms with Crippen molar-refractivity contribution >= 4 is 21.6 Å². The Kier molecular flexibility index (Phi) is 4.98. The maximum Gasteiger partial charge on any atom is 0.246 e. The molecule has 2 rings (SSSR count). The predicted octanol–water partition coefficient (Wildman–Crippen LogP) is 2.02. The summed E-state index contributed by atoms with van der Waals surface area (Å²) in [5.41, 5.74) is 0. The monoisotopic (exact) mass is 336 g/mol. The van der Waals surface area contributed by atoms with E-state index in [0.29, 0.717) is 30.7 Å². The van der Waals surface area contributed by atoms with Crippen molar-refractivity contribution in [3.63, 3.8) is 0 Å². The molecule has 1 saturated heterocycles. The lowest BCUT2D eigenvalue weighted by Crippen LogP contribution is -2.48. The van der Waals surface area contributed by atoms with E-state index < -0.39 is 26.6 Å². The van der Waals surface area contributed by atoms with Gasteiger partial charge in [0.15, 0.2) is 0 Å². The van der Waals surface area contributed by atoms with Crippen LogP contribution in [0.1, 0.15) is 0 Å². The molecule has 0 unspecified atom stereocenters. The van der Waals surface area contributed by atoms with E-state index in [1.165, 1.54) is 0 Å². The highest BCUT2D eigenvalue weighted by molar-refractivity contribution is 7.89. The maximum absolute atomic E-state index is 13.7. The number of hydrogen-bond donors (Lipinski definition) is 0. The van der Waals surface area contributed by atoms with Crippen LogP contribution in [0.5, 0.6) is 0 Å². The minimum Gasteiger partial charge on any atom is -0.296 e. The molecule has 0 amide bonds. The third kappa shape index (κ3) is 3.79. The molecule has 21 heavy (non-hydrogen) atoms. The zero-order valence-electron chi connectivity index (χ0n) is 11.2. The lowest BCUT2D eigenvalue weighted by molar-refractivity contribution is 0.203. The van der Waals surface area contributed by atoms with Gasteiger partial charge in [-0.1, -0.05) is 18.2 Å². The van der Waals surface area contributed by atoms with Gasteiger partial charge < -0.3 is 0 Å². The van der Waals surface area contributed by atoms with Crippen molar-refractivity contribution in [1.82, 2.24) is 9.21 Å². The van der Waals surface area contributed by atoms with E-state index in [9.17, 15) is 17.2 Å². The van der Waals surface area contributed by atoms with Gasteiger partial charge in [-0.25, -0.2) is 17.2 Å². The van der Waals surface area contributed by atoms with Crippen molar-refractivity contribution in [2.24, 2.45) is 0 Å². The number of sulfonamides is 1. The van der Waals surface area contributed by atoms with Crippen molar-refractivity contribution in [3.05, 3.63) is 41.4 Å². The highest BCUT2D eigenvalue weighted by Crippen LogP contribution is 2.21. The second-order valence-electron chi connectivity index (χ2n) is 4.77. The Labute approximate surface area is 127 Å². The largest absolute Gasteiger partial charge is 0.296 e. The lowest BCUT2D eigenvalue weighted by Gasteiger charge is -2.33. The molecule has 4 nitrogen and oxygen atoms in total. The Hall–Kier alpha value is -1.02. The fourth-order valence-electron chi connectivity index (χ4n) is 2.18. The molecule has 1 heterocycles. The molecule has 0 saturated carbocycles. The highest BCUT2D eigenvalue weighted by Gasteiger charge is 2.30. The van der Waals surface area contributed by atoms with Crippen LogP contribution in [-0.2, 0) is 10.0 Å². The third-order valence-corrected chi connectivity index (χ3v) is 5.27. The number of rotatable bonds is 4. The average molecular weight is 337 g/mol. The van der Waals surface area contributed by atoms with Crippen LogP contribution in [0.2, 0.25) is 0 Å². The lowest BCUT2D eigenvalue weighted by atomic mass is 10.3. The normalized spacial score (nSPS) is 17.9. The Morgan fingerprint density at radius 3 is 2.43 bits per heavy atom. The number of benzene rings is 1. The van der Waals surface area contributed by atoms with Crippen molar-refractivity contribution in [3.8, 4) is 0 Å². The fraction of sp³-hybridized carbons (Fsp3) is 0.385. The summed E-state index contributed by atoms with van der Waals surface area (Å²) >= 11 is 5.71. The molecule has 0 bridgehead atoms. The van der Waals surface area contributed by atoms with E-state index in [1.807, 2.05) is 4.90 Å². The molecule has 8 heteroatoms. The molecule has 0 atom stereocenters. The summed E-state index contributed by atoms with van der Waals surface area (Å²) in [6, 6.07) is 2.41. The van der Waals surface area contributed by atoms with Gasteiger partial charge in [-0.3, -0.25) is 4.90 Å². The van der Waals surface area contributed by atoms with Crippen LogP contribution in [0.4, 0.5) is 8.78 Å². The van der Waals surface area contributed by atoms with Gasteiger partial charge in [0.05, 0.1) is 0 Å². The Balaban J connectivity index is 2.15. The van der Waals surface area contributed by atoms with Gasteiger partial charge in [0.1, 0.15) is 16.5 Å². The molecule has 0 spiro atoms. The summed E-state index contributed by atoms with van der Waals surface area (Å²) in [4.78, 5) is 1.32. The summed E-state index contributed by atoms with van der Waals surface area (Å²) in [6.07, 6.45) is 0. The molecule has 0 aliphatic carbocycles. The summed E-state index contributed by atoms with van der Waals surface area (Å²) < 4.78 is 52.7. The third-order valence-electron chi connectivity index (χ3n) is 3.24. The number of halogens is 3. The Morgan fingerprint density at radius 1 is 1.24 bits per heavy atom. The van der Waals surface area contributed by atoms with Crippen LogP contribution in [0.25, 0.3) is 0 Å². The molecular formula is C13H15ClF2N2O2S. The summed E-state index contributed by atoms with van der Waals surface area (Å²) in [5, 5.41) is 0.475. The molecule has 0 aromatic heterocycles. The van der Waals surface area contributed by atoms with E-state index in [4.69, 9.17) is 11.6 Å². The van der Waals surface area contributed by atoms with Crippen LogP contribution < -0.4 is 0 Å². The van der Waals surface area contributed by atoms with Gasteiger partial charge in [0, 0.05) is 37.8 Å². The molecule has 1 aromatic rings. The van der Waals surface area contributed by atoms with Gasteiger partial charge in [-0.05, 0) is 18.2 Å². The zero-order chi connectivity index (χ0) is 15.6. The standard InChI is InChI=1S/C13H15ClF2N2O2S/c1-10(14)9-17-4-6-18(7-5-17)21(19,20)13-8-11(15)2-3-12(13)16/h2-3,8H,1,4-7,9H2. The molecule has 1 aromatic carbocycles. The van der Waals surface area contributed by atoms with Gasteiger partial charge in [-0.15, -0.1) is 0 Å². The molecule has 1 aliphatic rings.